The first kappa shape index (κ1) is 17.2. The Labute approximate surface area is 150 Å². The largest absolute Gasteiger partial charge is 0.320 e. The summed E-state index contributed by atoms with van der Waals surface area (Å²) >= 11 is 1.56. The lowest BCUT2D eigenvalue weighted by Crippen LogP contribution is -2.29. The Morgan fingerprint density at radius 1 is 1.08 bits per heavy atom. The zero-order valence-electron chi connectivity index (χ0n) is 14.3. The number of nitrogens with one attached hydrogen (secondary N) is 1. The molecule has 1 heterocycles. The fourth-order valence-corrected chi connectivity index (χ4v) is 3.21. The van der Waals surface area contributed by atoms with Crippen molar-refractivity contribution in [3.63, 3.8) is 0 Å². The minimum atomic E-state index is -0.327. The second-order valence-corrected chi connectivity index (χ2v) is 6.74. The van der Waals surface area contributed by atoms with Crippen molar-refractivity contribution in [2.45, 2.75) is 24.8 Å². The second-order valence-electron chi connectivity index (χ2n) is 5.89. The van der Waals surface area contributed by atoms with E-state index in [0.29, 0.717) is 10.8 Å². The van der Waals surface area contributed by atoms with Gasteiger partial charge in [0.15, 0.2) is 5.69 Å². The van der Waals surface area contributed by atoms with E-state index in [1.54, 1.807) is 36.0 Å². The predicted molar refractivity (Wildman–Crippen MR) is 103 cm³/mol. The van der Waals surface area contributed by atoms with Gasteiger partial charge in [0, 0.05) is 10.3 Å². The zero-order chi connectivity index (χ0) is 18.0. The average molecular weight is 353 g/mol. The molecule has 0 saturated heterocycles. The number of hydrogen-bond donors (Lipinski definition) is 1. The number of amides is 1. The van der Waals surface area contributed by atoms with Crippen LogP contribution in [0.1, 0.15) is 30.4 Å². The van der Waals surface area contributed by atoms with Crippen LogP contribution in [0.3, 0.4) is 0 Å². The molecule has 0 aliphatic carbocycles. The monoisotopic (exact) mass is 353 g/mol. The predicted octanol–water partition coefficient (Wildman–Crippen LogP) is 3.95. The molecule has 1 aromatic heterocycles. The average Bonchev–Trinajstić information content (AvgIpc) is 2.62. The van der Waals surface area contributed by atoms with Gasteiger partial charge >= 0.3 is 0 Å². The maximum absolute atomic E-state index is 12.9. The third-order valence-corrected chi connectivity index (χ3v) is 4.68. The number of thioether (sulfide) groups is 1. The highest BCUT2D eigenvalue weighted by molar-refractivity contribution is 7.98. The number of para-hydroxylation sites is 1. The molecule has 1 N–H and O–H groups in total. The minimum absolute atomic E-state index is 0.137. The molecule has 0 atom stereocenters. The van der Waals surface area contributed by atoms with Gasteiger partial charge in [-0.25, -0.2) is 4.68 Å². The van der Waals surface area contributed by atoms with E-state index in [2.05, 4.69) is 10.4 Å². The molecule has 25 heavy (non-hydrogen) atoms. The highest BCUT2D eigenvalue weighted by atomic mass is 32.2. The van der Waals surface area contributed by atoms with Gasteiger partial charge in [0.1, 0.15) is 0 Å². The lowest BCUT2D eigenvalue weighted by atomic mass is 10.1. The molecule has 3 aromatic rings. The molecule has 0 spiro atoms. The molecule has 0 radical (unpaired) electrons. The van der Waals surface area contributed by atoms with Gasteiger partial charge in [0.2, 0.25) is 0 Å². The Kier molecular flexibility index (Phi) is 4.90. The molecular formula is C19H19N3O2S. The van der Waals surface area contributed by atoms with Gasteiger partial charge in [-0.1, -0.05) is 30.3 Å². The topological polar surface area (TPSA) is 64.0 Å². The Hall–Kier alpha value is -2.60. The molecule has 0 bridgehead atoms. The van der Waals surface area contributed by atoms with Crippen LogP contribution in [-0.4, -0.2) is 21.9 Å². The summed E-state index contributed by atoms with van der Waals surface area (Å²) in [7, 11) is 0. The third kappa shape index (κ3) is 3.30. The lowest BCUT2D eigenvalue weighted by molar-refractivity contribution is 0.102. The summed E-state index contributed by atoms with van der Waals surface area (Å²) in [5, 5.41) is 8.31. The van der Waals surface area contributed by atoms with Crippen LogP contribution >= 0.6 is 11.8 Å². The van der Waals surface area contributed by atoms with Crippen LogP contribution in [0.2, 0.25) is 0 Å². The van der Waals surface area contributed by atoms with Crippen LogP contribution in [0.5, 0.6) is 0 Å². The van der Waals surface area contributed by atoms with Gasteiger partial charge in [-0.2, -0.15) is 5.10 Å². The number of fused-ring (bicyclic) bond motifs is 1. The highest BCUT2D eigenvalue weighted by Crippen LogP contribution is 2.25. The molecule has 128 valence electrons. The summed E-state index contributed by atoms with van der Waals surface area (Å²) in [4.78, 5) is 26.4. The standard InChI is InChI=1S/C19H19N3O2S/c1-12(2)22-19(24)14-9-5-4-8-13(14)17(21-22)18(23)20-15-10-6-7-11-16(15)25-3/h4-12H,1-3H3,(H,20,23). The van der Waals surface area contributed by atoms with Crippen molar-refractivity contribution in [2.75, 3.05) is 11.6 Å². The number of nitrogens with zero attached hydrogens (tertiary/aromatic N) is 2. The van der Waals surface area contributed by atoms with Gasteiger partial charge in [0.05, 0.1) is 17.1 Å². The first-order valence-corrected chi connectivity index (χ1v) is 9.21. The molecule has 6 heteroatoms. The third-order valence-electron chi connectivity index (χ3n) is 3.89. The zero-order valence-corrected chi connectivity index (χ0v) is 15.1. The van der Waals surface area contributed by atoms with E-state index in [0.717, 1.165) is 10.6 Å². The minimum Gasteiger partial charge on any atom is -0.320 e. The Bertz CT molecular complexity index is 995. The molecule has 2 aromatic carbocycles. The van der Waals surface area contributed by atoms with Crippen LogP contribution in [-0.2, 0) is 0 Å². The molecule has 1 amide bonds. The molecule has 0 saturated carbocycles. The molecule has 5 nitrogen and oxygen atoms in total. The molecule has 0 unspecified atom stereocenters. The van der Waals surface area contributed by atoms with Crippen molar-refractivity contribution >= 4 is 34.1 Å². The maximum atomic E-state index is 12.9. The molecule has 0 fully saturated rings. The van der Waals surface area contributed by atoms with Crippen molar-refractivity contribution in [3.8, 4) is 0 Å². The van der Waals surface area contributed by atoms with E-state index in [4.69, 9.17) is 0 Å². The Morgan fingerprint density at radius 2 is 1.72 bits per heavy atom. The summed E-state index contributed by atoms with van der Waals surface area (Å²) in [6.07, 6.45) is 1.96. The highest BCUT2D eigenvalue weighted by Gasteiger charge is 2.18. The maximum Gasteiger partial charge on any atom is 0.276 e. The summed E-state index contributed by atoms with van der Waals surface area (Å²) in [5.74, 6) is -0.327. The Balaban J connectivity index is 2.13. The SMILES string of the molecule is CSc1ccccc1NC(=O)c1nn(C(C)C)c(=O)c2ccccc12. The van der Waals surface area contributed by atoms with Crippen LogP contribution in [0, 0.1) is 0 Å². The van der Waals surface area contributed by atoms with E-state index >= 15 is 0 Å². The Morgan fingerprint density at radius 3 is 2.40 bits per heavy atom. The van der Waals surface area contributed by atoms with Crippen molar-refractivity contribution in [1.29, 1.82) is 0 Å². The van der Waals surface area contributed by atoms with Crippen molar-refractivity contribution in [1.82, 2.24) is 9.78 Å². The van der Waals surface area contributed by atoms with Crippen LogP contribution in [0.15, 0.2) is 58.2 Å². The van der Waals surface area contributed by atoms with E-state index in [-0.39, 0.29) is 23.2 Å². The van der Waals surface area contributed by atoms with E-state index in [1.165, 1.54) is 4.68 Å². The fourth-order valence-electron chi connectivity index (χ4n) is 2.65. The van der Waals surface area contributed by atoms with Gasteiger partial charge in [-0.15, -0.1) is 11.8 Å². The summed E-state index contributed by atoms with van der Waals surface area (Å²) in [6.45, 7) is 3.74. The van der Waals surface area contributed by atoms with E-state index in [9.17, 15) is 9.59 Å². The number of carbonyl (C=O) groups excluding carboxylic acids is 1. The van der Waals surface area contributed by atoms with Gasteiger partial charge in [-0.3, -0.25) is 9.59 Å². The van der Waals surface area contributed by atoms with Crippen LogP contribution in [0.25, 0.3) is 10.8 Å². The first-order chi connectivity index (χ1) is 12.0. The second kappa shape index (κ2) is 7.11. The van der Waals surface area contributed by atoms with E-state index in [1.807, 2.05) is 44.4 Å². The van der Waals surface area contributed by atoms with Crippen molar-refractivity contribution in [3.05, 3.63) is 64.6 Å². The van der Waals surface area contributed by atoms with Gasteiger partial charge < -0.3 is 5.32 Å². The quantitative estimate of drug-likeness (QED) is 0.721. The summed E-state index contributed by atoms with van der Waals surface area (Å²) < 4.78 is 1.36. The lowest BCUT2D eigenvalue weighted by Gasteiger charge is -2.14. The van der Waals surface area contributed by atoms with Gasteiger partial charge in [0.25, 0.3) is 11.5 Å². The number of hydrogen-bond acceptors (Lipinski definition) is 4. The number of rotatable bonds is 4. The summed E-state index contributed by atoms with van der Waals surface area (Å²) in [6, 6.07) is 14.5. The molecular weight excluding hydrogens is 334 g/mol. The van der Waals surface area contributed by atoms with Crippen LogP contribution < -0.4 is 10.9 Å². The van der Waals surface area contributed by atoms with E-state index < -0.39 is 0 Å². The van der Waals surface area contributed by atoms with Crippen molar-refractivity contribution in [2.24, 2.45) is 0 Å². The molecule has 3 rings (SSSR count). The first-order valence-electron chi connectivity index (χ1n) is 7.99. The molecule has 0 aliphatic rings. The fraction of sp³-hybridized carbons (Fsp3) is 0.211. The smallest absolute Gasteiger partial charge is 0.276 e. The van der Waals surface area contributed by atoms with Crippen molar-refractivity contribution < 1.29 is 4.79 Å². The normalized spacial score (nSPS) is 11.0. The van der Waals surface area contributed by atoms with Gasteiger partial charge in [-0.05, 0) is 38.3 Å². The molecule has 0 aliphatic heterocycles. The number of anilines is 1. The van der Waals surface area contributed by atoms with Crippen LogP contribution in [0.4, 0.5) is 5.69 Å². The number of carbonyl (C=O) groups is 1. The number of benzene rings is 2. The number of aromatic nitrogens is 2. The summed E-state index contributed by atoms with van der Waals surface area (Å²) in [5.41, 5.74) is 0.791.